The minimum atomic E-state index is 0.752. The second-order valence-electron chi connectivity index (χ2n) is 3.41. The first-order valence-electron chi connectivity index (χ1n) is 7.04. The molecule has 0 amide bonds. The number of hydrogen-bond acceptors (Lipinski definition) is 1. The van der Waals surface area contributed by atoms with Crippen molar-refractivity contribution in [1.82, 2.24) is 5.32 Å². The molecule has 0 saturated carbocycles. The Labute approximate surface area is 109 Å². The van der Waals surface area contributed by atoms with Gasteiger partial charge in [0.1, 0.15) is 0 Å². The Hall–Kier alpha value is -0.820. The van der Waals surface area contributed by atoms with Crippen molar-refractivity contribution in [2.24, 2.45) is 5.92 Å². The summed E-state index contributed by atoms with van der Waals surface area (Å²) < 4.78 is 0. The molecule has 1 aliphatic rings. The van der Waals surface area contributed by atoms with E-state index in [1.807, 2.05) is 39.8 Å². The molecule has 100 valence electrons. The van der Waals surface area contributed by atoms with Crippen molar-refractivity contribution in [3.63, 3.8) is 0 Å². The summed E-state index contributed by atoms with van der Waals surface area (Å²) in [5, 5.41) is 3.38. The fourth-order valence-electron chi connectivity index (χ4n) is 1.80. The Morgan fingerprint density at radius 2 is 1.65 bits per heavy atom. The van der Waals surface area contributed by atoms with Gasteiger partial charge < -0.3 is 5.32 Å². The predicted molar refractivity (Wildman–Crippen MR) is 81.4 cm³/mol. The molecule has 0 aliphatic carbocycles. The molecule has 1 N–H and O–H groups in total. The van der Waals surface area contributed by atoms with Gasteiger partial charge in [-0.25, -0.2) is 0 Å². The maximum atomic E-state index is 3.69. The van der Waals surface area contributed by atoms with Crippen molar-refractivity contribution in [3.05, 3.63) is 36.5 Å². The number of rotatable bonds is 3. The molecule has 0 aromatic carbocycles. The molecule has 1 rings (SSSR count). The molecule has 0 aromatic heterocycles. The molecule has 0 atom stereocenters. The van der Waals surface area contributed by atoms with Crippen molar-refractivity contribution in [3.8, 4) is 0 Å². The maximum Gasteiger partial charge on any atom is -0.00431 e. The average molecular weight is 237 g/mol. The molecule has 1 nitrogen and oxygen atoms in total. The SMILES string of the molecule is C=C/C=C\C(=C/C)C1CCNCC1.CC.CC. The van der Waals surface area contributed by atoms with Crippen LogP contribution in [-0.4, -0.2) is 13.1 Å². The first-order valence-corrected chi connectivity index (χ1v) is 7.04. The number of piperidine rings is 1. The van der Waals surface area contributed by atoms with Crippen molar-refractivity contribution in [1.29, 1.82) is 0 Å². The Morgan fingerprint density at radius 3 is 2.06 bits per heavy atom. The Bertz CT molecular complexity index is 208. The van der Waals surface area contributed by atoms with E-state index in [0.29, 0.717) is 0 Å². The van der Waals surface area contributed by atoms with Gasteiger partial charge in [0.05, 0.1) is 0 Å². The van der Waals surface area contributed by atoms with Gasteiger partial charge in [0.25, 0.3) is 0 Å². The minimum absolute atomic E-state index is 0.752. The highest BCUT2D eigenvalue weighted by molar-refractivity contribution is 5.24. The van der Waals surface area contributed by atoms with Crippen LogP contribution in [0.3, 0.4) is 0 Å². The van der Waals surface area contributed by atoms with Crippen LogP contribution in [0.4, 0.5) is 0 Å². The monoisotopic (exact) mass is 237 g/mol. The molecule has 1 fully saturated rings. The third-order valence-electron chi connectivity index (χ3n) is 2.57. The molecule has 17 heavy (non-hydrogen) atoms. The van der Waals surface area contributed by atoms with Gasteiger partial charge in [0.2, 0.25) is 0 Å². The van der Waals surface area contributed by atoms with E-state index in [9.17, 15) is 0 Å². The van der Waals surface area contributed by atoms with Crippen LogP contribution in [0.1, 0.15) is 47.5 Å². The molecule has 0 radical (unpaired) electrons. The van der Waals surface area contributed by atoms with E-state index in [-0.39, 0.29) is 0 Å². The predicted octanol–water partition coefficient (Wildman–Crippen LogP) is 4.73. The first-order chi connectivity index (χ1) is 8.38. The number of allylic oxidation sites excluding steroid dienone is 5. The smallest absolute Gasteiger partial charge is 0.00431 e. The summed E-state index contributed by atoms with van der Waals surface area (Å²) in [6.07, 6.45) is 10.8. The van der Waals surface area contributed by atoms with Crippen LogP contribution in [0.5, 0.6) is 0 Å². The van der Waals surface area contributed by atoms with Gasteiger partial charge in [-0.3, -0.25) is 0 Å². The lowest BCUT2D eigenvalue weighted by molar-refractivity contribution is 0.425. The Kier molecular flexibility index (Phi) is 16.6. The van der Waals surface area contributed by atoms with Gasteiger partial charge in [-0.2, -0.15) is 0 Å². The summed E-state index contributed by atoms with van der Waals surface area (Å²) in [5.74, 6) is 0.752. The summed E-state index contributed by atoms with van der Waals surface area (Å²) in [6.45, 7) is 16.1. The van der Waals surface area contributed by atoms with Gasteiger partial charge in [0, 0.05) is 0 Å². The highest BCUT2D eigenvalue weighted by atomic mass is 14.9. The van der Waals surface area contributed by atoms with Crippen LogP contribution in [-0.2, 0) is 0 Å². The van der Waals surface area contributed by atoms with Crippen LogP contribution in [0, 0.1) is 5.92 Å². The van der Waals surface area contributed by atoms with E-state index in [1.54, 1.807) is 0 Å². The minimum Gasteiger partial charge on any atom is -0.317 e. The Balaban J connectivity index is 0. The quantitative estimate of drug-likeness (QED) is 0.700. The van der Waals surface area contributed by atoms with Gasteiger partial charge >= 0.3 is 0 Å². The molecule has 0 bridgehead atoms. The fraction of sp³-hybridized carbons (Fsp3) is 0.625. The second kappa shape index (κ2) is 15.2. The molecule has 1 aliphatic heterocycles. The second-order valence-corrected chi connectivity index (χ2v) is 3.41. The highest BCUT2D eigenvalue weighted by Crippen LogP contribution is 2.22. The third kappa shape index (κ3) is 8.93. The summed E-state index contributed by atoms with van der Waals surface area (Å²) in [6, 6.07) is 0. The molecular formula is C16H31N. The molecule has 0 spiro atoms. The molecule has 1 saturated heterocycles. The molecule has 0 unspecified atom stereocenters. The fourth-order valence-corrected chi connectivity index (χ4v) is 1.80. The molecule has 1 heteroatoms. The van der Waals surface area contributed by atoms with Crippen molar-refractivity contribution < 1.29 is 0 Å². The standard InChI is InChI=1S/C12H19N.2C2H6/c1-3-5-6-11(4-2)12-7-9-13-10-8-12;2*1-2/h3-6,12-13H,1,7-10H2,2H3;2*1-2H3/b6-5-,11-4+;;. The van der Waals surface area contributed by atoms with Gasteiger partial charge in [0.15, 0.2) is 0 Å². The van der Waals surface area contributed by atoms with Crippen LogP contribution >= 0.6 is 0 Å². The summed E-state index contributed by atoms with van der Waals surface area (Å²) in [7, 11) is 0. The lowest BCUT2D eigenvalue weighted by Crippen LogP contribution is -2.28. The first kappa shape index (κ1) is 18.5. The highest BCUT2D eigenvalue weighted by Gasteiger charge is 2.14. The van der Waals surface area contributed by atoms with Crippen molar-refractivity contribution >= 4 is 0 Å². The van der Waals surface area contributed by atoms with E-state index >= 15 is 0 Å². The average Bonchev–Trinajstić information content (AvgIpc) is 2.45. The summed E-state index contributed by atoms with van der Waals surface area (Å²) in [5.41, 5.74) is 1.46. The van der Waals surface area contributed by atoms with Gasteiger partial charge in [-0.1, -0.05) is 58.6 Å². The zero-order valence-corrected chi connectivity index (χ0v) is 12.4. The van der Waals surface area contributed by atoms with E-state index in [2.05, 4.69) is 31.0 Å². The van der Waals surface area contributed by atoms with Crippen molar-refractivity contribution in [2.75, 3.05) is 13.1 Å². The van der Waals surface area contributed by atoms with E-state index in [1.165, 1.54) is 18.4 Å². The van der Waals surface area contributed by atoms with Gasteiger partial charge in [-0.05, 0) is 44.3 Å². The Morgan fingerprint density at radius 1 is 1.12 bits per heavy atom. The van der Waals surface area contributed by atoms with E-state index in [4.69, 9.17) is 0 Å². The number of hydrogen-bond donors (Lipinski definition) is 1. The molecular weight excluding hydrogens is 206 g/mol. The maximum absolute atomic E-state index is 3.69. The molecule has 1 heterocycles. The lowest BCUT2D eigenvalue weighted by atomic mass is 9.89. The van der Waals surface area contributed by atoms with Crippen molar-refractivity contribution in [2.45, 2.75) is 47.5 Å². The number of nitrogens with one attached hydrogen (secondary N) is 1. The van der Waals surface area contributed by atoms with Crippen LogP contribution in [0.25, 0.3) is 0 Å². The zero-order valence-electron chi connectivity index (χ0n) is 12.4. The normalized spacial score (nSPS) is 16.6. The van der Waals surface area contributed by atoms with E-state index in [0.717, 1.165) is 19.0 Å². The third-order valence-corrected chi connectivity index (χ3v) is 2.57. The largest absolute Gasteiger partial charge is 0.317 e. The zero-order chi connectivity index (χ0) is 13.5. The van der Waals surface area contributed by atoms with Crippen LogP contribution in [0.15, 0.2) is 36.5 Å². The topological polar surface area (TPSA) is 12.0 Å². The molecule has 0 aromatic rings. The summed E-state index contributed by atoms with van der Waals surface area (Å²) in [4.78, 5) is 0. The summed E-state index contributed by atoms with van der Waals surface area (Å²) >= 11 is 0. The van der Waals surface area contributed by atoms with E-state index < -0.39 is 0 Å². The lowest BCUT2D eigenvalue weighted by Gasteiger charge is -2.23. The van der Waals surface area contributed by atoms with Gasteiger partial charge in [-0.15, -0.1) is 0 Å². The van der Waals surface area contributed by atoms with Crippen LogP contribution in [0.2, 0.25) is 0 Å². The van der Waals surface area contributed by atoms with Crippen LogP contribution < -0.4 is 5.32 Å².